The molecular formula is C15H24N2O2. The molecule has 0 aliphatic rings. The van der Waals surface area contributed by atoms with Gasteiger partial charge >= 0.3 is 0 Å². The first-order valence-corrected chi connectivity index (χ1v) is 6.46. The first-order valence-electron chi connectivity index (χ1n) is 6.46. The number of carbonyl (C=O) groups is 1. The van der Waals surface area contributed by atoms with Crippen molar-refractivity contribution in [3.05, 3.63) is 23.8 Å². The number of ether oxygens (including phenoxy) is 1. The fraction of sp³-hybridized carbons (Fsp3) is 0.533. The summed E-state index contributed by atoms with van der Waals surface area (Å²) < 4.78 is 5.21. The monoisotopic (exact) mass is 264 g/mol. The Morgan fingerprint density at radius 2 is 1.95 bits per heavy atom. The van der Waals surface area contributed by atoms with E-state index in [9.17, 15) is 4.79 Å². The van der Waals surface area contributed by atoms with E-state index in [0.717, 1.165) is 17.0 Å². The van der Waals surface area contributed by atoms with E-state index in [0.29, 0.717) is 0 Å². The van der Waals surface area contributed by atoms with Crippen molar-refractivity contribution in [1.82, 2.24) is 5.32 Å². The Labute approximate surface area is 115 Å². The van der Waals surface area contributed by atoms with Gasteiger partial charge in [-0.15, -0.1) is 0 Å². The van der Waals surface area contributed by atoms with E-state index in [1.54, 1.807) is 7.11 Å². The van der Waals surface area contributed by atoms with E-state index in [-0.39, 0.29) is 17.5 Å². The topological polar surface area (TPSA) is 50.4 Å². The summed E-state index contributed by atoms with van der Waals surface area (Å²) in [5.41, 5.74) is 1.73. The molecule has 0 aromatic heterocycles. The van der Waals surface area contributed by atoms with Crippen LogP contribution < -0.4 is 15.4 Å². The third-order valence-corrected chi connectivity index (χ3v) is 2.67. The summed E-state index contributed by atoms with van der Waals surface area (Å²) in [6.45, 7) is 9.73. The van der Waals surface area contributed by atoms with E-state index in [4.69, 9.17) is 4.74 Å². The minimum absolute atomic E-state index is 0.0130. The van der Waals surface area contributed by atoms with E-state index < -0.39 is 0 Å². The van der Waals surface area contributed by atoms with Gasteiger partial charge in [-0.05, 0) is 58.4 Å². The fourth-order valence-corrected chi connectivity index (χ4v) is 1.76. The van der Waals surface area contributed by atoms with Crippen LogP contribution >= 0.6 is 0 Å². The van der Waals surface area contributed by atoms with Crippen LogP contribution in [0.1, 0.15) is 33.3 Å². The summed E-state index contributed by atoms with van der Waals surface area (Å²) in [6, 6.07) is 5.49. The van der Waals surface area contributed by atoms with Gasteiger partial charge in [-0.3, -0.25) is 4.79 Å². The molecule has 1 atom stereocenters. The lowest BCUT2D eigenvalue weighted by Gasteiger charge is -2.24. The highest BCUT2D eigenvalue weighted by atomic mass is 16.5. The van der Waals surface area contributed by atoms with Gasteiger partial charge < -0.3 is 15.4 Å². The van der Waals surface area contributed by atoms with Crippen molar-refractivity contribution in [2.45, 2.75) is 46.2 Å². The lowest BCUT2D eigenvalue weighted by atomic mass is 10.1. The van der Waals surface area contributed by atoms with Gasteiger partial charge in [-0.1, -0.05) is 0 Å². The average Bonchev–Trinajstić information content (AvgIpc) is 2.27. The molecule has 0 spiro atoms. The molecule has 1 aromatic rings. The minimum Gasteiger partial charge on any atom is -0.496 e. The Morgan fingerprint density at radius 3 is 2.42 bits per heavy atom. The van der Waals surface area contributed by atoms with Crippen LogP contribution in [-0.4, -0.2) is 24.6 Å². The van der Waals surface area contributed by atoms with Gasteiger partial charge in [0.15, 0.2) is 0 Å². The second kappa shape index (κ2) is 5.95. The number of hydrogen-bond acceptors (Lipinski definition) is 3. The molecule has 0 saturated heterocycles. The van der Waals surface area contributed by atoms with Gasteiger partial charge in [0, 0.05) is 11.2 Å². The highest BCUT2D eigenvalue weighted by molar-refractivity contribution is 5.84. The Balaban J connectivity index is 2.69. The summed E-state index contributed by atoms with van der Waals surface area (Å²) in [4.78, 5) is 12.0. The Hall–Kier alpha value is -1.71. The molecular weight excluding hydrogens is 240 g/mol. The number of rotatable bonds is 4. The molecule has 4 heteroatoms. The van der Waals surface area contributed by atoms with Gasteiger partial charge in [-0.2, -0.15) is 0 Å². The minimum atomic E-state index is -0.285. The van der Waals surface area contributed by atoms with Crippen LogP contribution in [0.5, 0.6) is 5.75 Å². The van der Waals surface area contributed by atoms with E-state index in [2.05, 4.69) is 10.6 Å². The third kappa shape index (κ3) is 4.81. The second-order valence-electron chi connectivity index (χ2n) is 5.79. The number of amides is 1. The molecule has 1 aromatic carbocycles. The summed E-state index contributed by atoms with van der Waals surface area (Å²) in [7, 11) is 1.65. The summed E-state index contributed by atoms with van der Waals surface area (Å²) >= 11 is 0. The predicted molar refractivity (Wildman–Crippen MR) is 78.7 cm³/mol. The molecule has 0 aliphatic carbocycles. The van der Waals surface area contributed by atoms with Gasteiger partial charge in [0.25, 0.3) is 0 Å². The first-order chi connectivity index (χ1) is 8.73. The molecule has 2 N–H and O–H groups in total. The Bertz CT molecular complexity index is 450. The van der Waals surface area contributed by atoms with Crippen LogP contribution in [0, 0.1) is 6.92 Å². The van der Waals surface area contributed by atoms with Crippen molar-refractivity contribution in [3.63, 3.8) is 0 Å². The number of aryl methyl sites for hydroxylation is 1. The van der Waals surface area contributed by atoms with Crippen molar-refractivity contribution in [2.24, 2.45) is 0 Å². The van der Waals surface area contributed by atoms with Gasteiger partial charge in [0.1, 0.15) is 11.8 Å². The molecule has 0 heterocycles. The smallest absolute Gasteiger partial charge is 0.242 e. The molecule has 0 aliphatic heterocycles. The zero-order valence-corrected chi connectivity index (χ0v) is 12.6. The normalized spacial score (nSPS) is 12.7. The van der Waals surface area contributed by atoms with Gasteiger partial charge in [0.2, 0.25) is 5.91 Å². The molecule has 106 valence electrons. The zero-order chi connectivity index (χ0) is 14.6. The average molecular weight is 264 g/mol. The number of nitrogens with one attached hydrogen (secondary N) is 2. The van der Waals surface area contributed by atoms with E-state index >= 15 is 0 Å². The standard InChI is InChI=1S/C15H24N2O2/c1-10-9-12(7-8-13(10)19-6)16-11(2)14(18)17-15(3,4)5/h7-9,11,16H,1-6H3,(H,17,18). The quantitative estimate of drug-likeness (QED) is 0.879. The van der Waals surface area contributed by atoms with Crippen molar-refractivity contribution in [1.29, 1.82) is 0 Å². The Kier molecular flexibility index (Phi) is 4.81. The number of benzene rings is 1. The van der Waals surface area contributed by atoms with Crippen molar-refractivity contribution in [3.8, 4) is 5.75 Å². The highest BCUT2D eigenvalue weighted by Crippen LogP contribution is 2.21. The van der Waals surface area contributed by atoms with Crippen LogP contribution in [0.25, 0.3) is 0 Å². The molecule has 19 heavy (non-hydrogen) atoms. The van der Waals surface area contributed by atoms with E-state index in [1.165, 1.54) is 0 Å². The maximum Gasteiger partial charge on any atom is 0.242 e. The zero-order valence-electron chi connectivity index (χ0n) is 12.6. The molecule has 0 saturated carbocycles. The first kappa shape index (κ1) is 15.3. The molecule has 0 fully saturated rings. The number of hydrogen-bond donors (Lipinski definition) is 2. The van der Waals surface area contributed by atoms with E-state index in [1.807, 2.05) is 52.8 Å². The third-order valence-electron chi connectivity index (χ3n) is 2.67. The highest BCUT2D eigenvalue weighted by Gasteiger charge is 2.19. The SMILES string of the molecule is COc1ccc(NC(C)C(=O)NC(C)(C)C)cc1C. The predicted octanol–water partition coefficient (Wildman–Crippen LogP) is 2.72. The van der Waals surface area contributed by atoms with Gasteiger partial charge in [-0.25, -0.2) is 0 Å². The number of methoxy groups -OCH3 is 1. The van der Waals surface area contributed by atoms with Crippen LogP contribution in [-0.2, 0) is 4.79 Å². The summed E-state index contributed by atoms with van der Waals surface area (Å²) in [5.74, 6) is 0.832. The molecule has 0 radical (unpaired) electrons. The molecule has 1 unspecified atom stereocenters. The molecule has 1 amide bonds. The molecule has 0 bridgehead atoms. The van der Waals surface area contributed by atoms with Crippen LogP contribution in [0.4, 0.5) is 5.69 Å². The largest absolute Gasteiger partial charge is 0.496 e. The molecule has 1 rings (SSSR count). The van der Waals surface area contributed by atoms with Gasteiger partial charge in [0.05, 0.1) is 7.11 Å². The number of carbonyl (C=O) groups excluding carboxylic acids is 1. The summed E-state index contributed by atoms with van der Waals surface area (Å²) in [5, 5.41) is 6.14. The summed E-state index contributed by atoms with van der Waals surface area (Å²) in [6.07, 6.45) is 0. The maximum atomic E-state index is 12.0. The van der Waals surface area contributed by atoms with Crippen molar-refractivity contribution in [2.75, 3.05) is 12.4 Å². The van der Waals surface area contributed by atoms with Crippen LogP contribution in [0.15, 0.2) is 18.2 Å². The lowest BCUT2D eigenvalue weighted by molar-refractivity contribution is -0.122. The van der Waals surface area contributed by atoms with Crippen molar-refractivity contribution >= 4 is 11.6 Å². The number of anilines is 1. The molecule has 4 nitrogen and oxygen atoms in total. The Morgan fingerprint density at radius 1 is 1.32 bits per heavy atom. The fourth-order valence-electron chi connectivity index (χ4n) is 1.76. The van der Waals surface area contributed by atoms with Crippen LogP contribution in [0.2, 0.25) is 0 Å². The maximum absolute atomic E-state index is 12.0. The van der Waals surface area contributed by atoms with Crippen LogP contribution in [0.3, 0.4) is 0 Å². The lowest BCUT2D eigenvalue weighted by Crippen LogP contribution is -2.47. The second-order valence-corrected chi connectivity index (χ2v) is 5.79. The van der Waals surface area contributed by atoms with Crippen molar-refractivity contribution < 1.29 is 9.53 Å².